The standard InChI is InChI=1S/C13H19NO2S/c1-3-12(8-15)14-13(16)11-6-4-5-10(7-11)9-17-2/h4-7,12,15H,3,8-9H2,1-2H3,(H,14,16). The maximum Gasteiger partial charge on any atom is 0.251 e. The molecule has 0 heterocycles. The molecule has 0 aromatic heterocycles. The van der Waals surface area contributed by atoms with Gasteiger partial charge in [-0.3, -0.25) is 4.79 Å². The van der Waals surface area contributed by atoms with Gasteiger partial charge in [-0.2, -0.15) is 11.8 Å². The molecule has 94 valence electrons. The molecule has 4 heteroatoms. The van der Waals surface area contributed by atoms with Crippen LogP contribution in [0, 0.1) is 0 Å². The van der Waals surface area contributed by atoms with Gasteiger partial charge in [-0.25, -0.2) is 0 Å². The number of nitrogens with one attached hydrogen (secondary N) is 1. The molecule has 17 heavy (non-hydrogen) atoms. The van der Waals surface area contributed by atoms with Crippen LogP contribution in [0.5, 0.6) is 0 Å². The molecule has 2 N–H and O–H groups in total. The molecule has 0 saturated heterocycles. The summed E-state index contributed by atoms with van der Waals surface area (Å²) < 4.78 is 0. The highest BCUT2D eigenvalue weighted by Gasteiger charge is 2.11. The van der Waals surface area contributed by atoms with E-state index in [2.05, 4.69) is 5.32 Å². The van der Waals surface area contributed by atoms with Gasteiger partial charge in [-0.15, -0.1) is 0 Å². The SMILES string of the molecule is CCC(CO)NC(=O)c1cccc(CSC)c1. The van der Waals surface area contributed by atoms with Gasteiger partial charge in [-0.05, 0) is 30.4 Å². The van der Waals surface area contributed by atoms with Crippen molar-refractivity contribution in [3.63, 3.8) is 0 Å². The van der Waals surface area contributed by atoms with Crippen LogP contribution in [0.15, 0.2) is 24.3 Å². The fraction of sp³-hybridized carbons (Fsp3) is 0.462. The number of benzene rings is 1. The number of carbonyl (C=O) groups excluding carboxylic acids is 1. The summed E-state index contributed by atoms with van der Waals surface area (Å²) in [5, 5.41) is 11.8. The largest absolute Gasteiger partial charge is 0.394 e. The van der Waals surface area contributed by atoms with Crippen molar-refractivity contribution in [2.45, 2.75) is 25.1 Å². The number of thioether (sulfide) groups is 1. The lowest BCUT2D eigenvalue weighted by Crippen LogP contribution is -2.36. The van der Waals surface area contributed by atoms with E-state index in [1.165, 1.54) is 0 Å². The van der Waals surface area contributed by atoms with Crippen molar-refractivity contribution in [2.24, 2.45) is 0 Å². The third-order valence-electron chi connectivity index (χ3n) is 2.55. The average molecular weight is 253 g/mol. The number of aliphatic hydroxyl groups is 1. The summed E-state index contributed by atoms with van der Waals surface area (Å²) in [5.41, 5.74) is 1.80. The molecule has 0 bridgehead atoms. The van der Waals surface area contributed by atoms with Gasteiger partial charge in [0, 0.05) is 11.3 Å². The molecule has 0 saturated carbocycles. The summed E-state index contributed by atoms with van der Waals surface area (Å²) in [6, 6.07) is 7.43. The normalized spacial score (nSPS) is 12.2. The monoisotopic (exact) mass is 253 g/mol. The Labute approximate surface area is 107 Å². The highest BCUT2D eigenvalue weighted by atomic mass is 32.2. The first-order valence-electron chi connectivity index (χ1n) is 5.70. The van der Waals surface area contributed by atoms with E-state index in [0.29, 0.717) is 5.56 Å². The van der Waals surface area contributed by atoms with Gasteiger partial charge < -0.3 is 10.4 Å². The molecule has 0 fully saturated rings. The van der Waals surface area contributed by atoms with Crippen LogP contribution in [0.25, 0.3) is 0 Å². The zero-order valence-electron chi connectivity index (χ0n) is 10.3. The first kappa shape index (κ1) is 14.1. The molecule has 1 unspecified atom stereocenters. The molecule has 0 spiro atoms. The molecule has 3 nitrogen and oxygen atoms in total. The second-order valence-electron chi connectivity index (χ2n) is 3.89. The number of carbonyl (C=O) groups is 1. The first-order chi connectivity index (χ1) is 8.21. The summed E-state index contributed by atoms with van der Waals surface area (Å²) >= 11 is 1.73. The van der Waals surface area contributed by atoms with E-state index < -0.39 is 0 Å². The smallest absolute Gasteiger partial charge is 0.251 e. The Kier molecular flexibility index (Phi) is 6.08. The zero-order valence-corrected chi connectivity index (χ0v) is 11.1. The Bertz CT molecular complexity index is 364. The summed E-state index contributed by atoms with van der Waals surface area (Å²) in [4.78, 5) is 11.9. The lowest BCUT2D eigenvalue weighted by Gasteiger charge is -2.14. The van der Waals surface area contributed by atoms with Crippen molar-refractivity contribution in [3.8, 4) is 0 Å². The molecule has 1 aromatic carbocycles. The topological polar surface area (TPSA) is 49.3 Å². The molecule has 1 aromatic rings. The van der Waals surface area contributed by atoms with Gasteiger partial charge in [0.05, 0.1) is 12.6 Å². The minimum absolute atomic E-state index is 0.0211. The second-order valence-corrected chi connectivity index (χ2v) is 4.76. The highest BCUT2D eigenvalue weighted by molar-refractivity contribution is 7.97. The third-order valence-corrected chi connectivity index (χ3v) is 3.17. The number of hydrogen-bond acceptors (Lipinski definition) is 3. The van der Waals surface area contributed by atoms with Crippen molar-refractivity contribution in [1.82, 2.24) is 5.32 Å². The number of amides is 1. The number of aliphatic hydroxyl groups excluding tert-OH is 1. The van der Waals surface area contributed by atoms with Crippen LogP contribution in [0.2, 0.25) is 0 Å². The maximum atomic E-state index is 11.9. The minimum Gasteiger partial charge on any atom is -0.394 e. The third kappa shape index (κ3) is 4.40. The fourth-order valence-electron chi connectivity index (χ4n) is 1.51. The predicted octanol–water partition coefficient (Wildman–Crippen LogP) is 2.05. The van der Waals surface area contributed by atoms with Gasteiger partial charge in [0.1, 0.15) is 0 Å². The molecule has 0 aliphatic rings. The van der Waals surface area contributed by atoms with E-state index >= 15 is 0 Å². The van der Waals surface area contributed by atoms with Crippen LogP contribution in [-0.2, 0) is 5.75 Å². The summed E-state index contributed by atoms with van der Waals surface area (Å²) in [7, 11) is 0. The average Bonchev–Trinajstić information content (AvgIpc) is 2.36. The van der Waals surface area contributed by atoms with E-state index in [-0.39, 0.29) is 18.6 Å². The summed E-state index contributed by atoms with van der Waals surface area (Å²) in [6.07, 6.45) is 2.76. The van der Waals surface area contributed by atoms with Gasteiger partial charge >= 0.3 is 0 Å². The highest BCUT2D eigenvalue weighted by Crippen LogP contribution is 2.11. The second kappa shape index (κ2) is 7.35. The molecule has 1 rings (SSSR count). The Morgan fingerprint density at radius 3 is 2.88 bits per heavy atom. The van der Waals surface area contributed by atoms with Crippen molar-refractivity contribution < 1.29 is 9.90 Å². The van der Waals surface area contributed by atoms with Gasteiger partial charge in [0.2, 0.25) is 0 Å². The summed E-state index contributed by atoms with van der Waals surface area (Å²) in [6.45, 7) is 1.91. The van der Waals surface area contributed by atoms with E-state index in [1.807, 2.05) is 31.4 Å². The molecular weight excluding hydrogens is 234 g/mol. The Morgan fingerprint density at radius 1 is 1.53 bits per heavy atom. The van der Waals surface area contributed by atoms with Crippen LogP contribution < -0.4 is 5.32 Å². The Balaban J connectivity index is 2.71. The van der Waals surface area contributed by atoms with Crippen LogP contribution in [0.3, 0.4) is 0 Å². The maximum absolute atomic E-state index is 11.9. The van der Waals surface area contributed by atoms with E-state index in [0.717, 1.165) is 17.7 Å². The number of rotatable bonds is 6. The fourth-order valence-corrected chi connectivity index (χ4v) is 2.03. The molecular formula is C13H19NO2S. The molecule has 1 amide bonds. The van der Waals surface area contributed by atoms with Crippen molar-refractivity contribution in [2.75, 3.05) is 12.9 Å². The lowest BCUT2D eigenvalue weighted by molar-refractivity contribution is 0.0915. The van der Waals surface area contributed by atoms with Gasteiger partial charge in [0.25, 0.3) is 5.91 Å². The van der Waals surface area contributed by atoms with E-state index in [4.69, 9.17) is 5.11 Å². The predicted molar refractivity (Wildman–Crippen MR) is 72.3 cm³/mol. The number of hydrogen-bond donors (Lipinski definition) is 2. The Hall–Kier alpha value is -1.00. The lowest BCUT2D eigenvalue weighted by atomic mass is 10.1. The zero-order chi connectivity index (χ0) is 12.7. The Morgan fingerprint density at radius 2 is 2.29 bits per heavy atom. The van der Waals surface area contributed by atoms with E-state index in [1.54, 1.807) is 17.8 Å². The van der Waals surface area contributed by atoms with Gasteiger partial charge in [0.15, 0.2) is 0 Å². The van der Waals surface area contributed by atoms with Crippen molar-refractivity contribution in [1.29, 1.82) is 0 Å². The summed E-state index contributed by atoms with van der Waals surface area (Å²) in [5.74, 6) is 0.784. The van der Waals surface area contributed by atoms with Crippen LogP contribution in [-0.4, -0.2) is 29.9 Å². The molecule has 0 aliphatic carbocycles. The quantitative estimate of drug-likeness (QED) is 0.816. The molecule has 0 radical (unpaired) electrons. The van der Waals surface area contributed by atoms with Crippen LogP contribution in [0.1, 0.15) is 29.3 Å². The van der Waals surface area contributed by atoms with Crippen LogP contribution in [0.4, 0.5) is 0 Å². The van der Waals surface area contributed by atoms with Crippen molar-refractivity contribution in [3.05, 3.63) is 35.4 Å². The van der Waals surface area contributed by atoms with Gasteiger partial charge in [-0.1, -0.05) is 19.1 Å². The molecule has 0 aliphatic heterocycles. The van der Waals surface area contributed by atoms with E-state index in [9.17, 15) is 4.79 Å². The first-order valence-corrected chi connectivity index (χ1v) is 7.10. The molecule has 1 atom stereocenters. The van der Waals surface area contributed by atoms with Crippen molar-refractivity contribution >= 4 is 17.7 Å². The minimum atomic E-state index is -0.160. The van der Waals surface area contributed by atoms with Crippen LogP contribution >= 0.6 is 11.8 Å².